The van der Waals surface area contributed by atoms with Crippen molar-refractivity contribution in [1.29, 1.82) is 0 Å². The molecule has 5 rings (SSSR count). The molecule has 8 heteroatoms. The zero-order chi connectivity index (χ0) is 27.4. The minimum Gasteiger partial charge on any atom is -0.489 e. The van der Waals surface area contributed by atoms with Gasteiger partial charge in [-0.1, -0.05) is 60.7 Å². The average molecular weight is 524 g/mol. The van der Waals surface area contributed by atoms with Crippen molar-refractivity contribution < 1.29 is 24.5 Å². The number of hydrogen-bond donors (Lipinski definition) is 2. The third-order valence-electron chi connectivity index (χ3n) is 6.89. The van der Waals surface area contributed by atoms with Crippen molar-refractivity contribution in [2.45, 2.75) is 26.2 Å². The number of carbonyl (C=O) groups is 2. The van der Waals surface area contributed by atoms with E-state index < -0.39 is 12.6 Å². The third kappa shape index (κ3) is 5.46. The zero-order valence-corrected chi connectivity index (χ0v) is 21.6. The summed E-state index contributed by atoms with van der Waals surface area (Å²) in [7, 11) is 1.77. The monoisotopic (exact) mass is 523 g/mol. The number of rotatable bonds is 10. The van der Waals surface area contributed by atoms with Crippen LogP contribution < -0.4 is 4.74 Å². The van der Waals surface area contributed by atoms with Gasteiger partial charge >= 0.3 is 5.97 Å². The fraction of sp³-hybridized carbons (Fsp3) is 0.194. The van der Waals surface area contributed by atoms with Crippen LogP contribution in [-0.4, -0.2) is 50.1 Å². The number of carboxylic acids is 1. The van der Waals surface area contributed by atoms with Crippen LogP contribution in [0.1, 0.15) is 27.2 Å². The number of aliphatic hydroxyl groups excluding tert-OH is 1. The average Bonchev–Trinajstić information content (AvgIpc) is 3.27. The molecule has 0 aliphatic rings. The molecule has 0 saturated carbocycles. The minimum atomic E-state index is -1.23. The van der Waals surface area contributed by atoms with Gasteiger partial charge in [-0.25, -0.2) is 9.78 Å². The fourth-order valence-electron chi connectivity index (χ4n) is 4.79. The lowest BCUT2D eigenvalue weighted by Crippen LogP contribution is -2.31. The van der Waals surface area contributed by atoms with Gasteiger partial charge in [0, 0.05) is 35.4 Å². The second-order valence-electron chi connectivity index (χ2n) is 9.40. The molecule has 8 nitrogen and oxygen atoms in total. The summed E-state index contributed by atoms with van der Waals surface area (Å²) < 4.78 is 7.85. The SMILES string of the molecule is CN(CCc1ccccc1)C(=O)Cn1c2ccc(OCc3ccccc3)cc2c2c(CO)c(C(=O)O)ncc21. The maximum absolute atomic E-state index is 13.3. The van der Waals surface area contributed by atoms with E-state index in [1.54, 1.807) is 11.9 Å². The molecule has 2 N–H and O–H groups in total. The van der Waals surface area contributed by atoms with E-state index in [0.29, 0.717) is 35.2 Å². The maximum Gasteiger partial charge on any atom is 0.354 e. The highest BCUT2D eigenvalue weighted by atomic mass is 16.5. The molecular formula is C31H29N3O5. The van der Waals surface area contributed by atoms with Crippen molar-refractivity contribution >= 4 is 33.7 Å². The van der Waals surface area contributed by atoms with Crippen LogP contribution in [0, 0.1) is 0 Å². The lowest BCUT2D eigenvalue weighted by atomic mass is 10.1. The van der Waals surface area contributed by atoms with E-state index in [-0.39, 0.29) is 23.7 Å². The molecule has 0 spiro atoms. The minimum absolute atomic E-state index is 0.0362. The maximum atomic E-state index is 13.3. The predicted octanol–water partition coefficient (Wildman–Crippen LogP) is 4.66. The number of hydrogen-bond acceptors (Lipinski definition) is 5. The van der Waals surface area contributed by atoms with Gasteiger partial charge in [-0.05, 0) is 35.7 Å². The molecule has 39 heavy (non-hydrogen) atoms. The molecule has 1 amide bonds. The molecule has 5 aromatic rings. The summed E-state index contributed by atoms with van der Waals surface area (Å²) in [6.07, 6.45) is 2.19. The number of ether oxygens (including phenoxy) is 1. The molecule has 0 radical (unpaired) electrons. The standard InChI is InChI=1S/C31H29N3O5/c1-33(15-14-21-8-4-2-5-9-21)28(36)18-34-26-13-12-23(39-20-22-10-6-3-7-11-22)16-24(26)29-25(19-35)30(31(37)38)32-17-27(29)34/h2-13,16-17,35H,14-15,18-20H2,1H3,(H,37,38). The van der Waals surface area contributed by atoms with Crippen LogP contribution in [0.5, 0.6) is 5.75 Å². The van der Waals surface area contributed by atoms with Gasteiger partial charge in [0.1, 0.15) is 18.9 Å². The number of aliphatic hydroxyl groups is 1. The first-order chi connectivity index (χ1) is 19.0. The Kier molecular flexibility index (Phi) is 7.56. The smallest absolute Gasteiger partial charge is 0.354 e. The van der Waals surface area contributed by atoms with Crippen LogP contribution in [0.3, 0.4) is 0 Å². The zero-order valence-electron chi connectivity index (χ0n) is 21.6. The number of aromatic carboxylic acids is 1. The van der Waals surface area contributed by atoms with Crippen LogP contribution in [0.15, 0.2) is 85.1 Å². The number of carboxylic acid groups (broad SMARTS) is 1. The Balaban J connectivity index is 1.51. The molecule has 2 heterocycles. The van der Waals surface area contributed by atoms with Gasteiger partial charge in [-0.2, -0.15) is 0 Å². The first kappa shape index (κ1) is 25.9. The highest BCUT2D eigenvalue weighted by Crippen LogP contribution is 2.35. The van der Waals surface area contributed by atoms with Gasteiger partial charge in [-0.15, -0.1) is 0 Å². The number of aromatic nitrogens is 2. The predicted molar refractivity (Wildman–Crippen MR) is 149 cm³/mol. The molecule has 0 aliphatic carbocycles. The summed E-state index contributed by atoms with van der Waals surface area (Å²) in [5, 5.41) is 21.1. The molecule has 0 bridgehead atoms. The Labute approximate surface area is 225 Å². The van der Waals surface area contributed by atoms with E-state index >= 15 is 0 Å². The molecule has 2 aromatic heterocycles. The number of amides is 1. The second-order valence-corrected chi connectivity index (χ2v) is 9.40. The summed E-state index contributed by atoms with van der Waals surface area (Å²) in [4.78, 5) is 31.0. The Hall–Kier alpha value is -4.69. The van der Waals surface area contributed by atoms with Crippen molar-refractivity contribution in [1.82, 2.24) is 14.5 Å². The summed E-state index contributed by atoms with van der Waals surface area (Å²) in [5.74, 6) is -0.730. The van der Waals surface area contributed by atoms with Gasteiger partial charge in [0.2, 0.25) is 5.91 Å². The van der Waals surface area contributed by atoms with Crippen molar-refractivity contribution in [2.24, 2.45) is 0 Å². The quantitative estimate of drug-likeness (QED) is 0.276. The number of carbonyl (C=O) groups excluding carboxylic acids is 1. The number of fused-ring (bicyclic) bond motifs is 3. The number of likely N-dealkylation sites (N-methyl/N-ethyl adjacent to an activating group) is 1. The molecule has 0 fully saturated rings. The van der Waals surface area contributed by atoms with Gasteiger partial charge in [-0.3, -0.25) is 4.79 Å². The van der Waals surface area contributed by atoms with Crippen molar-refractivity contribution in [2.75, 3.05) is 13.6 Å². The summed E-state index contributed by atoms with van der Waals surface area (Å²) in [6.45, 7) is 0.449. The number of benzene rings is 3. The van der Waals surface area contributed by atoms with Crippen molar-refractivity contribution in [3.05, 3.63) is 107 Å². The van der Waals surface area contributed by atoms with Gasteiger partial charge in [0.25, 0.3) is 0 Å². The Morgan fingerprint density at radius 3 is 2.31 bits per heavy atom. The largest absolute Gasteiger partial charge is 0.489 e. The van der Waals surface area contributed by atoms with Crippen LogP contribution in [0.25, 0.3) is 21.8 Å². The Morgan fingerprint density at radius 1 is 0.949 bits per heavy atom. The van der Waals surface area contributed by atoms with E-state index in [1.807, 2.05) is 83.4 Å². The fourth-order valence-corrected chi connectivity index (χ4v) is 4.79. The van der Waals surface area contributed by atoms with Gasteiger partial charge in [0.05, 0.1) is 18.3 Å². The van der Waals surface area contributed by atoms with E-state index in [2.05, 4.69) is 4.98 Å². The summed E-state index contributed by atoms with van der Waals surface area (Å²) >= 11 is 0. The molecule has 0 atom stereocenters. The first-order valence-electron chi connectivity index (χ1n) is 12.7. The van der Waals surface area contributed by atoms with E-state index in [9.17, 15) is 19.8 Å². The Morgan fingerprint density at radius 2 is 1.64 bits per heavy atom. The lowest BCUT2D eigenvalue weighted by molar-refractivity contribution is -0.130. The molecule has 0 saturated heterocycles. The van der Waals surface area contributed by atoms with Crippen molar-refractivity contribution in [3.8, 4) is 5.75 Å². The number of nitrogens with zero attached hydrogens (tertiary/aromatic N) is 3. The highest BCUT2D eigenvalue weighted by Gasteiger charge is 2.23. The van der Waals surface area contributed by atoms with Gasteiger partial charge in [0.15, 0.2) is 5.69 Å². The number of pyridine rings is 1. The normalized spacial score (nSPS) is 11.1. The highest BCUT2D eigenvalue weighted by molar-refractivity contribution is 6.12. The van der Waals surface area contributed by atoms with E-state index in [4.69, 9.17) is 4.74 Å². The van der Waals surface area contributed by atoms with E-state index in [0.717, 1.165) is 23.1 Å². The molecular weight excluding hydrogens is 494 g/mol. The topological polar surface area (TPSA) is 105 Å². The van der Waals surface area contributed by atoms with E-state index in [1.165, 1.54) is 6.20 Å². The van der Waals surface area contributed by atoms with Gasteiger partial charge < -0.3 is 24.4 Å². The van der Waals surface area contributed by atoms with Crippen LogP contribution in [0.2, 0.25) is 0 Å². The first-order valence-corrected chi connectivity index (χ1v) is 12.7. The third-order valence-corrected chi connectivity index (χ3v) is 6.89. The molecule has 198 valence electrons. The molecule has 3 aromatic carbocycles. The second kappa shape index (κ2) is 11.4. The Bertz CT molecular complexity index is 1630. The van der Waals surface area contributed by atoms with Crippen molar-refractivity contribution in [3.63, 3.8) is 0 Å². The van der Waals surface area contributed by atoms with Crippen LogP contribution >= 0.6 is 0 Å². The summed E-state index contributed by atoms with van der Waals surface area (Å²) in [6, 6.07) is 25.3. The molecule has 0 unspecified atom stereocenters. The molecule has 0 aliphatic heterocycles. The van der Waals surface area contributed by atoms with Crippen LogP contribution in [0.4, 0.5) is 0 Å². The lowest BCUT2D eigenvalue weighted by Gasteiger charge is -2.18. The van der Waals surface area contributed by atoms with Crippen LogP contribution in [-0.2, 0) is 31.0 Å². The summed E-state index contributed by atoms with van der Waals surface area (Å²) in [5.41, 5.74) is 3.44.